The summed E-state index contributed by atoms with van der Waals surface area (Å²) in [6.07, 6.45) is 0.728. The van der Waals surface area contributed by atoms with E-state index in [2.05, 4.69) is 5.32 Å². The molecule has 2 aliphatic heterocycles. The van der Waals surface area contributed by atoms with Gasteiger partial charge in [0, 0.05) is 19.1 Å². The molecule has 2 rings (SSSR count). The van der Waals surface area contributed by atoms with Crippen LogP contribution in [0.1, 0.15) is 12.8 Å². The molecule has 2 bridgehead atoms. The Hall–Kier alpha value is -0.810. The van der Waals surface area contributed by atoms with Crippen molar-refractivity contribution in [3.05, 3.63) is 0 Å². The second-order valence-electron chi connectivity index (χ2n) is 3.86. The highest BCUT2D eigenvalue weighted by atomic mass is 16.4. The molecule has 2 unspecified atom stereocenters. The van der Waals surface area contributed by atoms with Crippen LogP contribution in [-0.4, -0.2) is 52.5 Å². The third kappa shape index (κ3) is 1.11. The van der Waals surface area contributed by atoms with Gasteiger partial charge in [-0.2, -0.15) is 0 Å². The minimum absolute atomic E-state index is 0.0541. The molecule has 0 spiro atoms. The number of nitrogens with one attached hydrogen (secondary N) is 1. The summed E-state index contributed by atoms with van der Waals surface area (Å²) >= 11 is 0. The van der Waals surface area contributed by atoms with Crippen molar-refractivity contribution in [2.24, 2.45) is 0 Å². The van der Waals surface area contributed by atoms with Crippen molar-refractivity contribution < 1.29 is 15.0 Å². The van der Waals surface area contributed by atoms with Gasteiger partial charge in [-0.15, -0.1) is 0 Å². The lowest BCUT2D eigenvalue weighted by molar-refractivity contribution is 0.0257. The average molecular weight is 186 g/mol. The maximum Gasteiger partial charge on any atom is 0.408 e. The number of hydrogen-bond donors (Lipinski definition) is 3. The van der Waals surface area contributed by atoms with Crippen molar-refractivity contribution in [3.8, 4) is 0 Å². The number of hydrogen-bond acceptors (Lipinski definition) is 3. The van der Waals surface area contributed by atoms with Crippen LogP contribution in [0.4, 0.5) is 4.79 Å². The van der Waals surface area contributed by atoms with Crippen LogP contribution in [0.15, 0.2) is 0 Å². The number of piperazine rings is 1. The first kappa shape index (κ1) is 8.77. The van der Waals surface area contributed by atoms with Gasteiger partial charge in [-0.25, -0.2) is 4.79 Å². The molecule has 1 amide bonds. The Labute approximate surface area is 76.3 Å². The fourth-order valence-corrected chi connectivity index (χ4v) is 2.48. The van der Waals surface area contributed by atoms with Crippen molar-refractivity contribution >= 4 is 6.09 Å². The number of nitrogens with zero attached hydrogens (tertiary/aromatic N) is 1. The minimum atomic E-state index is -0.905. The smallest absolute Gasteiger partial charge is 0.408 e. The number of rotatable bonds is 1. The lowest BCUT2D eigenvalue weighted by atomic mass is 9.97. The van der Waals surface area contributed by atoms with Crippen LogP contribution >= 0.6 is 0 Å². The second-order valence-corrected chi connectivity index (χ2v) is 3.86. The molecule has 0 aromatic heterocycles. The summed E-state index contributed by atoms with van der Waals surface area (Å²) in [4.78, 5) is 12.4. The van der Waals surface area contributed by atoms with Crippen LogP contribution in [0.25, 0.3) is 0 Å². The van der Waals surface area contributed by atoms with E-state index < -0.39 is 11.6 Å². The van der Waals surface area contributed by atoms with Gasteiger partial charge in [-0.3, -0.25) is 4.90 Å². The topological polar surface area (TPSA) is 72.8 Å². The summed E-state index contributed by atoms with van der Waals surface area (Å²) in [5.41, 5.74) is -0.547. The lowest BCUT2D eigenvalue weighted by Crippen LogP contribution is -2.63. The minimum Gasteiger partial charge on any atom is -0.465 e. The van der Waals surface area contributed by atoms with Gasteiger partial charge in [0.15, 0.2) is 0 Å². The molecule has 0 aliphatic carbocycles. The predicted octanol–water partition coefficient (Wildman–Crippen LogP) is -0.537. The zero-order valence-electron chi connectivity index (χ0n) is 7.36. The summed E-state index contributed by atoms with van der Waals surface area (Å²) in [7, 11) is 0. The Morgan fingerprint density at radius 2 is 2.46 bits per heavy atom. The van der Waals surface area contributed by atoms with Crippen molar-refractivity contribution in [1.29, 1.82) is 0 Å². The molecule has 0 saturated carbocycles. The largest absolute Gasteiger partial charge is 0.465 e. The van der Waals surface area contributed by atoms with Crippen LogP contribution in [0.3, 0.4) is 0 Å². The van der Waals surface area contributed by atoms with Crippen LogP contribution in [0.2, 0.25) is 0 Å². The quantitative estimate of drug-likeness (QED) is 0.514. The van der Waals surface area contributed by atoms with Crippen molar-refractivity contribution in [2.45, 2.75) is 24.4 Å². The Morgan fingerprint density at radius 3 is 3.00 bits per heavy atom. The van der Waals surface area contributed by atoms with Crippen LogP contribution in [-0.2, 0) is 0 Å². The molecule has 0 aromatic carbocycles. The highest BCUT2D eigenvalue weighted by molar-refractivity contribution is 5.67. The molecule has 0 aromatic rings. The first-order valence-electron chi connectivity index (χ1n) is 4.53. The SMILES string of the molecule is O=C(O)N1C2CCC1(CO)CNC2. The fraction of sp³-hybridized carbons (Fsp3) is 0.875. The molecular weight excluding hydrogens is 172 g/mol. The molecule has 5 nitrogen and oxygen atoms in total. The van der Waals surface area contributed by atoms with Gasteiger partial charge in [-0.1, -0.05) is 0 Å². The maximum atomic E-state index is 11.0. The number of carbonyl (C=O) groups is 1. The zero-order chi connectivity index (χ0) is 9.47. The van der Waals surface area contributed by atoms with E-state index in [1.165, 1.54) is 4.90 Å². The van der Waals surface area contributed by atoms with Gasteiger partial charge in [-0.05, 0) is 12.8 Å². The first-order valence-corrected chi connectivity index (χ1v) is 4.53. The van der Waals surface area contributed by atoms with E-state index in [0.29, 0.717) is 13.1 Å². The van der Waals surface area contributed by atoms with Gasteiger partial charge >= 0.3 is 6.09 Å². The van der Waals surface area contributed by atoms with Crippen LogP contribution in [0, 0.1) is 0 Å². The Bertz CT molecular complexity index is 229. The van der Waals surface area contributed by atoms with Gasteiger partial charge in [0.1, 0.15) is 0 Å². The van der Waals surface area contributed by atoms with Gasteiger partial charge in [0.05, 0.1) is 12.1 Å². The van der Waals surface area contributed by atoms with E-state index >= 15 is 0 Å². The third-order valence-electron chi connectivity index (χ3n) is 3.15. The van der Waals surface area contributed by atoms with E-state index in [4.69, 9.17) is 5.11 Å². The summed E-state index contributed by atoms with van der Waals surface area (Å²) in [6, 6.07) is 0.0541. The number of carboxylic acid groups (broad SMARTS) is 1. The first-order chi connectivity index (χ1) is 6.19. The molecular formula is C8H14N2O3. The summed E-state index contributed by atoms with van der Waals surface area (Å²) in [5, 5.41) is 21.4. The van der Waals surface area contributed by atoms with E-state index in [0.717, 1.165) is 12.8 Å². The van der Waals surface area contributed by atoms with E-state index in [1.807, 2.05) is 0 Å². The Morgan fingerprint density at radius 1 is 1.69 bits per heavy atom. The zero-order valence-corrected chi connectivity index (χ0v) is 7.36. The third-order valence-corrected chi connectivity index (χ3v) is 3.15. The highest BCUT2D eigenvalue weighted by Crippen LogP contribution is 2.35. The molecule has 0 radical (unpaired) electrons. The van der Waals surface area contributed by atoms with Crippen molar-refractivity contribution in [1.82, 2.24) is 10.2 Å². The van der Waals surface area contributed by atoms with Gasteiger partial charge in [0.25, 0.3) is 0 Å². The second kappa shape index (κ2) is 2.85. The van der Waals surface area contributed by atoms with Gasteiger partial charge < -0.3 is 15.5 Å². The normalized spacial score (nSPS) is 37.9. The van der Waals surface area contributed by atoms with E-state index in [1.54, 1.807) is 0 Å². The molecule has 2 fully saturated rings. The monoisotopic (exact) mass is 186 g/mol. The van der Waals surface area contributed by atoms with Crippen LogP contribution in [0.5, 0.6) is 0 Å². The number of amides is 1. The number of aliphatic hydroxyl groups excluding tert-OH is 1. The summed E-state index contributed by atoms with van der Waals surface area (Å²) < 4.78 is 0. The molecule has 13 heavy (non-hydrogen) atoms. The summed E-state index contributed by atoms with van der Waals surface area (Å²) in [6.45, 7) is 1.21. The fourth-order valence-electron chi connectivity index (χ4n) is 2.48. The Kier molecular flexibility index (Phi) is 1.92. The maximum absolute atomic E-state index is 11.0. The molecule has 5 heteroatoms. The van der Waals surface area contributed by atoms with Gasteiger partial charge in [0.2, 0.25) is 0 Å². The molecule has 2 aliphatic rings. The molecule has 2 atom stereocenters. The molecule has 74 valence electrons. The number of fused-ring (bicyclic) bond motifs is 2. The molecule has 2 heterocycles. The predicted molar refractivity (Wildman–Crippen MR) is 45.6 cm³/mol. The van der Waals surface area contributed by atoms with E-state index in [9.17, 15) is 9.90 Å². The van der Waals surface area contributed by atoms with E-state index in [-0.39, 0.29) is 12.6 Å². The standard InChI is InChI=1S/C8H14N2O3/c11-5-8-2-1-6(3-9-4-8)10(8)7(12)13/h6,9,11H,1-5H2,(H,12,13). The molecule has 3 N–H and O–H groups in total. The average Bonchev–Trinajstić information content (AvgIpc) is 2.35. The Balaban J connectivity index is 2.28. The number of aliphatic hydroxyl groups is 1. The molecule has 2 saturated heterocycles. The lowest BCUT2D eigenvalue weighted by Gasteiger charge is -2.42. The van der Waals surface area contributed by atoms with Crippen molar-refractivity contribution in [3.63, 3.8) is 0 Å². The summed E-state index contributed by atoms with van der Waals surface area (Å²) in [5.74, 6) is 0. The van der Waals surface area contributed by atoms with Crippen molar-refractivity contribution in [2.75, 3.05) is 19.7 Å². The van der Waals surface area contributed by atoms with Crippen LogP contribution < -0.4 is 5.32 Å². The highest BCUT2D eigenvalue weighted by Gasteiger charge is 2.51.